The van der Waals surface area contributed by atoms with Crippen molar-refractivity contribution in [2.75, 3.05) is 39.3 Å². The van der Waals surface area contributed by atoms with E-state index in [1.54, 1.807) is 6.08 Å². The molecule has 1 aliphatic carbocycles. The number of carbonyl (C=O) groups excluding carboxylic acids is 2. The van der Waals surface area contributed by atoms with Gasteiger partial charge in [-0.1, -0.05) is 25.3 Å². The minimum Gasteiger partial charge on any atom is -0.465 e. The quantitative estimate of drug-likeness (QED) is 0.442. The van der Waals surface area contributed by atoms with E-state index in [0.29, 0.717) is 32.0 Å². The van der Waals surface area contributed by atoms with E-state index in [1.807, 2.05) is 16.7 Å². The molecule has 1 saturated carbocycles. The van der Waals surface area contributed by atoms with E-state index in [4.69, 9.17) is 0 Å². The average Bonchev–Trinajstić information content (AvgIpc) is 2.78. The van der Waals surface area contributed by atoms with Crippen LogP contribution in [0, 0.1) is 0 Å². The molecule has 0 bridgehead atoms. The van der Waals surface area contributed by atoms with Gasteiger partial charge in [-0.25, -0.2) is 4.79 Å². The highest BCUT2D eigenvalue weighted by Crippen LogP contribution is 2.30. The topological polar surface area (TPSA) is 84.4 Å². The number of likely N-dealkylation sites (N-methyl/N-ethyl adjacent to an activating group) is 1. The van der Waals surface area contributed by atoms with Crippen LogP contribution >= 0.6 is 0 Å². The van der Waals surface area contributed by atoms with Crippen LogP contribution in [0.3, 0.4) is 0 Å². The zero-order valence-corrected chi connectivity index (χ0v) is 18.8. The van der Waals surface area contributed by atoms with Gasteiger partial charge in [0.15, 0.2) is 0 Å². The molecule has 1 N–H and O–H groups in total. The first-order valence-corrected chi connectivity index (χ1v) is 11.9. The van der Waals surface area contributed by atoms with Crippen molar-refractivity contribution in [3.8, 4) is 0 Å². The van der Waals surface area contributed by atoms with Gasteiger partial charge in [-0.3, -0.25) is 14.6 Å². The van der Waals surface area contributed by atoms with Crippen molar-refractivity contribution in [1.82, 2.24) is 19.6 Å². The molecule has 31 heavy (non-hydrogen) atoms. The minimum absolute atomic E-state index is 0.0637. The number of piperazine rings is 1. The average molecular weight is 435 g/mol. The SMILES string of the molecule is C=CC1[C@H](N(CC)C(=O)O)CN1[C@@H](CCC=O)C(=O)N1CCN(C2CCCCC2)CC1. The van der Waals surface area contributed by atoms with Gasteiger partial charge in [0.05, 0.1) is 18.1 Å². The second kappa shape index (κ2) is 11.1. The fraction of sp³-hybridized carbons (Fsp3) is 0.783. The minimum atomic E-state index is -0.950. The molecule has 0 spiro atoms. The number of rotatable bonds is 9. The predicted molar refractivity (Wildman–Crippen MR) is 119 cm³/mol. The molecule has 0 radical (unpaired) electrons. The smallest absolute Gasteiger partial charge is 0.407 e. The molecule has 2 amide bonds. The number of amides is 2. The summed E-state index contributed by atoms with van der Waals surface area (Å²) >= 11 is 0. The summed E-state index contributed by atoms with van der Waals surface area (Å²) in [6.07, 6.45) is 8.91. The van der Waals surface area contributed by atoms with Crippen LogP contribution in [0.1, 0.15) is 51.9 Å². The maximum atomic E-state index is 13.4. The molecule has 3 rings (SSSR count). The number of nitrogens with zero attached hydrogens (tertiary/aromatic N) is 4. The summed E-state index contributed by atoms with van der Waals surface area (Å²) in [4.78, 5) is 44.0. The molecular weight excluding hydrogens is 396 g/mol. The van der Waals surface area contributed by atoms with Gasteiger partial charge in [0.2, 0.25) is 5.91 Å². The van der Waals surface area contributed by atoms with Gasteiger partial charge >= 0.3 is 6.09 Å². The number of hydrogen-bond donors (Lipinski definition) is 1. The molecule has 8 nitrogen and oxygen atoms in total. The van der Waals surface area contributed by atoms with Gasteiger partial charge in [0.25, 0.3) is 0 Å². The lowest BCUT2D eigenvalue weighted by atomic mass is 9.90. The highest BCUT2D eigenvalue weighted by Gasteiger charge is 2.47. The Morgan fingerprint density at radius 1 is 1.16 bits per heavy atom. The maximum Gasteiger partial charge on any atom is 0.407 e. The molecule has 174 valence electrons. The number of aldehydes is 1. The molecule has 0 aromatic rings. The van der Waals surface area contributed by atoms with Crippen LogP contribution < -0.4 is 0 Å². The summed E-state index contributed by atoms with van der Waals surface area (Å²) in [7, 11) is 0. The Kier molecular flexibility index (Phi) is 8.49. The van der Waals surface area contributed by atoms with E-state index in [9.17, 15) is 19.5 Å². The highest BCUT2D eigenvalue weighted by atomic mass is 16.4. The van der Waals surface area contributed by atoms with Crippen molar-refractivity contribution in [3.05, 3.63) is 12.7 Å². The molecule has 3 atom stereocenters. The summed E-state index contributed by atoms with van der Waals surface area (Å²) in [6.45, 7) is 9.86. The first-order chi connectivity index (χ1) is 15.0. The van der Waals surface area contributed by atoms with E-state index >= 15 is 0 Å². The Hall–Kier alpha value is -1.93. The first kappa shape index (κ1) is 23.7. The third-order valence-electron chi connectivity index (χ3n) is 7.36. The zero-order chi connectivity index (χ0) is 22.4. The summed E-state index contributed by atoms with van der Waals surface area (Å²) in [5.41, 5.74) is 0. The van der Waals surface area contributed by atoms with Crippen LogP contribution in [0.4, 0.5) is 4.79 Å². The summed E-state index contributed by atoms with van der Waals surface area (Å²) in [6, 6.07) is -0.151. The van der Waals surface area contributed by atoms with Crippen LogP contribution in [0.5, 0.6) is 0 Å². The summed E-state index contributed by atoms with van der Waals surface area (Å²) in [5.74, 6) is 0.0637. The Morgan fingerprint density at radius 3 is 2.39 bits per heavy atom. The fourth-order valence-electron chi connectivity index (χ4n) is 5.57. The third kappa shape index (κ3) is 5.29. The molecule has 0 aromatic heterocycles. The Balaban J connectivity index is 1.62. The normalized spacial score (nSPS) is 26.7. The molecule has 1 unspecified atom stereocenters. The molecule has 3 aliphatic rings. The molecule has 2 heterocycles. The first-order valence-electron chi connectivity index (χ1n) is 11.9. The van der Waals surface area contributed by atoms with Crippen LogP contribution in [-0.4, -0.2) is 106 Å². The molecule has 2 saturated heterocycles. The van der Waals surface area contributed by atoms with Gasteiger partial charge < -0.3 is 19.7 Å². The van der Waals surface area contributed by atoms with Crippen LogP contribution in [0.2, 0.25) is 0 Å². The van der Waals surface area contributed by atoms with Gasteiger partial charge in [-0.05, 0) is 26.2 Å². The number of hydrogen-bond acceptors (Lipinski definition) is 5. The fourth-order valence-corrected chi connectivity index (χ4v) is 5.57. The van der Waals surface area contributed by atoms with Gasteiger partial charge in [0, 0.05) is 51.7 Å². The standard InChI is InChI=1S/C23H38N4O4/c1-3-19-21(26(4-2)23(30)31)17-27(19)20(11-8-16-28)22(29)25-14-12-24(13-15-25)18-9-6-5-7-10-18/h3,16,18-21H,1,4-15,17H2,2H3,(H,30,31)/t19?,20-,21+/m0/s1. The van der Waals surface area contributed by atoms with E-state index in [-0.39, 0.29) is 18.0 Å². The molecular formula is C23H38N4O4. The van der Waals surface area contributed by atoms with Crippen molar-refractivity contribution < 1.29 is 19.5 Å². The zero-order valence-electron chi connectivity index (χ0n) is 18.8. The van der Waals surface area contributed by atoms with Crippen molar-refractivity contribution in [1.29, 1.82) is 0 Å². The van der Waals surface area contributed by atoms with Gasteiger partial charge in [-0.2, -0.15) is 0 Å². The molecule has 3 fully saturated rings. The van der Waals surface area contributed by atoms with Gasteiger partial charge in [-0.15, -0.1) is 6.58 Å². The number of likely N-dealkylation sites (tertiary alicyclic amines) is 1. The van der Waals surface area contributed by atoms with Crippen molar-refractivity contribution in [2.24, 2.45) is 0 Å². The van der Waals surface area contributed by atoms with Gasteiger partial charge in [0.1, 0.15) is 6.29 Å². The third-order valence-corrected chi connectivity index (χ3v) is 7.36. The monoisotopic (exact) mass is 434 g/mol. The van der Waals surface area contributed by atoms with Crippen LogP contribution in [0.25, 0.3) is 0 Å². The van der Waals surface area contributed by atoms with Crippen molar-refractivity contribution >= 4 is 18.3 Å². The second-order valence-corrected chi connectivity index (χ2v) is 8.97. The van der Waals surface area contributed by atoms with Crippen molar-refractivity contribution in [2.45, 2.75) is 76.0 Å². The molecule has 0 aromatic carbocycles. The van der Waals surface area contributed by atoms with E-state index in [0.717, 1.165) is 32.5 Å². The van der Waals surface area contributed by atoms with E-state index < -0.39 is 12.1 Å². The Bertz CT molecular complexity index is 643. The maximum absolute atomic E-state index is 13.4. The summed E-state index contributed by atoms with van der Waals surface area (Å²) < 4.78 is 0. The molecule has 8 heteroatoms. The Morgan fingerprint density at radius 2 is 1.84 bits per heavy atom. The number of carboxylic acid groups (broad SMARTS) is 1. The largest absolute Gasteiger partial charge is 0.465 e. The number of carbonyl (C=O) groups is 3. The lowest BCUT2D eigenvalue weighted by molar-refractivity contribution is -0.145. The lowest BCUT2D eigenvalue weighted by Crippen LogP contribution is -2.71. The van der Waals surface area contributed by atoms with E-state index in [2.05, 4.69) is 11.5 Å². The van der Waals surface area contributed by atoms with Crippen molar-refractivity contribution in [3.63, 3.8) is 0 Å². The van der Waals surface area contributed by atoms with Crippen LogP contribution in [0.15, 0.2) is 12.7 Å². The second-order valence-electron chi connectivity index (χ2n) is 8.97. The lowest BCUT2D eigenvalue weighted by Gasteiger charge is -2.53. The molecule has 2 aliphatic heterocycles. The Labute approximate surface area is 185 Å². The van der Waals surface area contributed by atoms with E-state index in [1.165, 1.54) is 37.0 Å². The predicted octanol–water partition coefficient (Wildman–Crippen LogP) is 2.05. The van der Waals surface area contributed by atoms with Crippen LogP contribution in [-0.2, 0) is 9.59 Å². The highest BCUT2D eigenvalue weighted by molar-refractivity contribution is 5.82. The summed E-state index contributed by atoms with van der Waals surface area (Å²) in [5, 5.41) is 9.48.